The number of benzene rings is 1. The van der Waals surface area contributed by atoms with Gasteiger partial charge < -0.3 is 10.1 Å². The highest BCUT2D eigenvalue weighted by Gasteiger charge is 2.17. The second-order valence-electron chi connectivity index (χ2n) is 5.67. The number of ether oxygens (including phenoxy) is 1. The van der Waals surface area contributed by atoms with Crippen LogP contribution in [0.4, 0.5) is 5.82 Å². The molecule has 0 fully saturated rings. The monoisotopic (exact) mass is 297 g/mol. The summed E-state index contributed by atoms with van der Waals surface area (Å²) in [7, 11) is 1.71. The second kappa shape index (κ2) is 7.38. The molecule has 0 aliphatic carbocycles. The molecule has 4 nitrogen and oxygen atoms in total. The van der Waals surface area contributed by atoms with Gasteiger partial charge in [0.25, 0.3) is 0 Å². The van der Waals surface area contributed by atoms with Gasteiger partial charge in [0.05, 0.1) is 6.61 Å². The quantitative estimate of drug-likeness (QED) is 0.832. The van der Waals surface area contributed by atoms with Gasteiger partial charge in [0.1, 0.15) is 5.82 Å². The number of anilines is 1. The van der Waals surface area contributed by atoms with E-state index in [-0.39, 0.29) is 0 Å². The first kappa shape index (κ1) is 15.0. The van der Waals surface area contributed by atoms with Crippen LogP contribution >= 0.6 is 0 Å². The van der Waals surface area contributed by atoms with Gasteiger partial charge in [0.2, 0.25) is 0 Å². The number of rotatable bonds is 6. The highest BCUT2D eigenvalue weighted by atomic mass is 16.5. The number of nitrogens with zero attached hydrogens (tertiary/aromatic N) is 2. The number of fused-ring (bicyclic) bond motifs is 1. The van der Waals surface area contributed by atoms with E-state index in [1.165, 1.54) is 16.8 Å². The Morgan fingerprint density at radius 3 is 2.86 bits per heavy atom. The molecule has 0 unspecified atom stereocenters. The van der Waals surface area contributed by atoms with Crippen molar-refractivity contribution in [2.75, 3.05) is 32.1 Å². The third-order valence-corrected chi connectivity index (χ3v) is 3.99. The molecule has 2 aromatic rings. The molecular weight excluding hydrogens is 274 g/mol. The molecule has 1 aromatic heterocycles. The molecule has 0 amide bonds. The maximum Gasteiger partial charge on any atom is 0.126 e. The van der Waals surface area contributed by atoms with Crippen LogP contribution in [0.3, 0.4) is 0 Å². The van der Waals surface area contributed by atoms with Gasteiger partial charge in [-0.05, 0) is 17.2 Å². The summed E-state index contributed by atoms with van der Waals surface area (Å²) >= 11 is 0. The third kappa shape index (κ3) is 3.84. The predicted octanol–water partition coefficient (Wildman–Crippen LogP) is 2.70. The van der Waals surface area contributed by atoms with Gasteiger partial charge in [-0.25, -0.2) is 4.98 Å². The number of nitrogens with one attached hydrogen (secondary N) is 1. The van der Waals surface area contributed by atoms with Crippen LogP contribution < -0.4 is 5.32 Å². The van der Waals surface area contributed by atoms with Crippen LogP contribution in [-0.4, -0.2) is 36.7 Å². The number of hydrogen-bond donors (Lipinski definition) is 1. The third-order valence-electron chi connectivity index (χ3n) is 3.99. The maximum absolute atomic E-state index is 5.05. The molecule has 0 radical (unpaired) electrons. The van der Waals surface area contributed by atoms with E-state index in [0.29, 0.717) is 6.61 Å². The van der Waals surface area contributed by atoms with E-state index in [2.05, 4.69) is 52.7 Å². The lowest BCUT2D eigenvalue weighted by Gasteiger charge is -2.28. The normalized spacial score (nSPS) is 14.6. The van der Waals surface area contributed by atoms with Crippen molar-refractivity contribution in [3.8, 4) is 0 Å². The first-order valence-corrected chi connectivity index (χ1v) is 7.83. The fourth-order valence-electron chi connectivity index (χ4n) is 2.83. The summed E-state index contributed by atoms with van der Waals surface area (Å²) in [5.74, 6) is 0.951. The van der Waals surface area contributed by atoms with Crippen LogP contribution in [0.5, 0.6) is 0 Å². The molecule has 22 heavy (non-hydrogen) atoms. The summed E-state index contributed by atoms with van der Waals surface area (Å²) in [5, 5.41) is 3.30. The first-order chi connectivity index (χ1) is 10.8. The first-order valence-electron chi connectivity index (χ1n) is 7.83. The number of hydrogen-bond acceptors (Lipinski definition) is 4. The van der Waals surface area contributed by atoms with Gasteiger partial charge in [-0.3, -0.25) is 4.90 Å². The van der Waals surface area contributed by atoms with E-state index >= 15 is 0 Å². The van der Waals surface area contributed by atoms with Crippen molar-refractivity contribution in [3.63, 3.8) is 0 Å². The number of pyridine rings is 1. The SMILES string of the molecule is COCCNc1ccc2c(n1)CCN(Cc1ccccc1)C2. The average Bonchev–Trinajstić information content (AvgIpc) is 2.56. The van der Waals surface area contributed by atoms with Crippen LogP contribution in [0, 0.1) is 0 Å². The fraction of sp³-hybridized carbons (Fsp3) is 0.389. The van der Waals surface area contributed by atoms with Crippen molar-refractivity contribution in [2.45, 2.75) is 19.5 Å². The van der Waals surface area contributed by atoms with Crippen molar-refractivity contribution in [1.29, 1.82) is 0 Å². The molecule has 0 atom stereocenters. The molecule has 0 spiro atoms. The summed E-state index contributed by atoms with van der Waals surface area (Å²) in [4.78, 5) is 7.22. The minimum atomic E-state index is 0.698. The Bertz CT molecular complexity index is 601. The fourth-order valence-corrected chi connectivity index (χ4v) is 2.83. The Balaban J connectivity index is 1.61. The molecule has 0 saturated heterocycles. The maximum atomic E-state index is 5.05. The molecular formula is C18H23N3O. The van der Waals surface area contributed by atoms with Gasteiger partial charge in [-0.1, -0.05) is 36.4 Å². The summed E-state index contributed by atoms with van der Waals surface area (Å²) < 4.78 is 5.05. The largest absolute Gasteiger partial charge is 0.383 e. The van der Waals surface area contributed by atoms with Crippen LogP contribution in [0.15, 0.2) is 42.5 Å². The molecule has 1 aliphatic heterocycles. The molecule has 0 bridgehead atoms. The van der Waals surface area contributed by atoms with Crippen molar-refractivity contribution in [1.82, 2.24) is 9.88 Å². The summed E-state index contributed by atoms with van der Waals surface area (Å²) in [6, 6.07) is 14.9. The van der Waals surface area contributed by atoms with E-state index in [0.717, 1.165) is 38.4 Å². The van der Waals surface area contributed by atoms with Crippen LogP contribution in [0.2, 0.25) is 0 Å². The lowest BCUT2D eigenvalue weighted by Crippen LogP contribution is -2.30. The minimum absolute atomic E-state index is 0.698. The Kier molecular flexibility index (Phi) is 5.03. The Hall–Kier alpha value is -1.91. The highest BCUT2D eigenvalue weighted by molar-refractivity contribution is 5.39. The number of aromatic nitrogens is 1. The molecule has 4 heteroatoms. The molecule has 0 saturated carbocycles. The van der Waals surface area contributed by atoms with Crippen molar-refractivity contribution >= 4 is 5.82 Å². The molecule has 1 aliphatic rings. The van der Waals surface area contributed by atoms with Crippen LogP contribution in [0.25, 0.3) is 0 Å². The van der Waals surface area contributed by atoms with E-state index in [1.54, 1.807) is 7.11 Å². The standard InChI is InChI=1S/C18H23N3O/c1-22-12-10-19-18-8-7-16-14-21(11-9-17(16)20-18)13-15-5-3-2-4-6-15/h2-8H,9-14H2,1H3,(H,19,20). The predicted molar refractivity (Wildman–Crippen MR) is 88.9 cm³/mol. The average molecular weight is 297 g/mol. The molecule has 2 heterocycles. The summed E-state index contributed by atoms with van der Waals surface area (Å²) in [6.45, 7) is 4.55. The summed E-state index contributed by atoms with van der Waals surface area (Å²) in [5.41, 5.74) is 3.95. The molecule has 1 N–H and O–H groups in total. The van der Waals surface area contributed by atoms with Crippen molar-refractivity contribution in [2.24, 2.45) is 0 Å². The van der Waals surface area contributed by atoms with Crippen molar-refractivity contribution in [3.05, 3.63) is 59.3 Å². The smallest absolute Gasteiger partial charge is 0.126 e. The van der Waals surface area contributed by atoms with Gasteiger partial charge in [-0.2, -0.15) is 0 Å². The van der Waals surface area contributed by atoms with Gasteiger partial charge in [-0.15, -0.1) is 0 Å². The molecule has 1 aromatic carbocycles. The summed E-state index contributed by atoms with van der Waals surface area (Å²) in [6.07, 6.45) is 1.02. The number of methoxy groups -OCH3 is 1. The highest BCUT2D eigenvalue weighted by Crippen LogP contribution is 2.20. The molecule has 116 valence electrons. The van der Waals surface area contributed by atoms with Crippen LogP contribution in [-0.2, 0) is 24.2 Å². The minimum Gasteiger partial charge on any atom is -0.383 e. The Morgan fingerprint density at radius 1 is 1.18 bits per heavy atom. The van der Waals surface area contributed by atoms with Crippen molar-refractivity contribution < 1.29 is 4.74 Å². The topological polar surface area (TPSA) is 37.4 Å². The van der Waals surface area contributed by atoms with E-state index < -0.39 is 0 Å². The van der Waals surface area contributed by atoms with E-state index in [1.807, 2.05) is 0 Å². The van der Waals surface area contributed by atoms with Gasteiger partial charge >= 0.3 is 0 Å². The molecule has 3 rings (SSSR count). The van der Waals surface area contributed by atoms with Crippen LogP contribution in [0.1, 0.15) is 16.8 Å². The zero-order chi connectivity index (χ0) is 15.2. The lowest BCUT2D eigenvalue weighted by atomic mass is 10.0. The Labute approximate surface area is 132 Å². The zero-order valence-corrected chi connectivity index (χ0v) is 13.1. The zero-order valence-electron chi connectivity index (χ0n) is 13.1. The van der Waals surface area contributed by atoms with Gasteiger partial charge in [0.15, 0.2) is 0 Å². The Morgan fingerprint density at radius 2 is 2.05 bits per heavy atom. The van der Waals surface area contributed by atoms with Gasteiger partial charge in [0, 0.05) is 45.4 Å². The lowest BCUT2D eigenvalue weighted by molar-refractivity contribution is 0.210. The van der Waals surface area contributed by atoms with E-state index in [4.69, 9.17) is 9.72 Å². The van der Waals surface area contributed by atoms with E-state index in [9.17, 15) is 0 Å². The second-order valence-corrected chi connectivity index (χ2v) is 5.67.